The summed E-state index contributed by atoms with van der Waals surface area (Å²) in [7, 11) is 0. The summed E-state index contributed by atoms with van der Waals surface area (Å²) in [5.41, 5.74) is 1.06. The van der Waals surface area contributed by atoms with Gasteiger partial charge in [0.2, 0.25) is 0 Å². The number of hydrogen-bond donors (Lipinski definition) is 3. The van der Waals surface area contributed by atoms with Crippen LogP contribution in [0, 0.1) is 0 Å². The zero-order valence-electron chi connectivity index (χ0n) is 18.7. The van der Waals surface area contributed by atoms with E-state index >= 15 is 0 Å². The Morgan fingerprint density at radius 2 is 1.58 bits per heavy atom. The molecule has 0 atom stereocenters. The van der Waals surface area contributed by atoms with Gasteiger partial charge < -0.3 is 15.6 Å². The third kappa shape index (κ3) is 4.50. The van der Waals surface area contributed by atoms with Gasteiger partial charge in [0.05, 0.1) is 16.8 Å². The third-order valence-corrected chi connectivity index (χ3v) is 5.79. The lowest BCUT2D eigenvalue weighted by atomic mass is 10.1. The average molecular weight is 488 g/mol. The summed E-state index contributed by atoms with van der Waals surface area (Å²) in [6.07, 6.45) is -3.02. The quantitative estimate of drug-likeness (QED) is 0.274. The molecule has 1 amide bonds. The molecule has 2 heterocycles. The first kappa shape index (κ1) is 23.1. The second-order valence-electron chi connectivity index (χ2n) is 8.13. The second kappa shape index (κ2) is 9.18. The van der Waals surface area contributed by atoms with Crippen molar-refractivity contribution in [3.05, 3.63) is 112 Å². The van der Waals surface area contributed by atoms with E-state index < -0.39 is 23.2 Å². The first-order chi connectivity index (χ1) is 17.3. The molecular weight excluding hydrogens is 469 g/mol. The maximum Gasteiger partial charge on any atom is 0.417 e. The molecule has 0 radical (unpaired) electrons. The van der Waals surface area contributed by atoms with E-state index in [0.717, 1.165) is 34.3 Å². The molecule has 0 bridgehead atoms. The molecule has 0 saturated carbocycles. The number of hydrogen-bond acceptors (Lipinski definition) is 4. The molecule has 3 N–H and O–H groups in total. The van der Waals surface area contributed by atoms with Gasteiger partial charge in [-0.15, -0.1) is 0 Å². The molecule has 0 saturated heterocycles. The highest BCUT2D eigenvalue weighted by Crippen LogP contribution is 2.32. The summed E-state index contributed by atoms with van der Waals surface area (Å²) in [5, 5.41) is 7.97. The van der Waals surface area contributed by atoms with Gasteiger partial charge in [-0.3, -0.25) is 9.59 Å². The number of anilines is 2. The molecule has 0 aliphatic rings. The number of rotatable bonds is 5. The zero-order valence-corrected chi connectivity index (χ0v) is 18.7. The van der Waals surface area contributed by atoms with Crippen LogP contribution in [-0.2, 0) is 12.7 Å². The van der Waals surface area contributed by atoms with Crippen LogP contribution < -0.4 is 16.2 Å². The zero-order chi connectivity index (χ0) is 25.3. The standard InChI is InChI=1S/C27H19F3N4O2/c28-27(29,30)21-8-4-3-7-20(21)25(35)32-15-16-9-11-17(12-10-16)33-22-13-14-31-24-23(22)18-5-1-2-6-19(18)26(36)34-24/h1-14H,15H2,(H,32,35)(H2,31,33,34,36). The largest absolute Gasteiger partial charge is 0.417 e. The van der Waals surface area contributed by atoms with Crippen LogP contribution in [0.5, 0.6) is 0 Å². The summed E-state index contributed by atoms with van der Waals surface area (Å²) in [6, 6.07) is 20.9. The van der Waals surface area contributed by atoms with E-state index in [9.17, 15) is 22.8 Å². The molecule has 2 aromatic heterocycles. The molecule has 0 aliphatic carbocycles. The molecule has 36 heavy (non-hydrogen) atoms. The van der Waals surface area contributed by atoms with Gasteiger partial charge in [0, 0.05) is 34.6 Å². The van der Waals surface area contributed by atoms with Gasteiger partial charge in [0.1, 0.15) is 5.65 Å². The van der Waals surface area contributed by atoms with Gasteiger partial charge >= 0.3 is 6.18 Å². The topological polar surface area (TPSA) is 86.9 Å². The molecule has 9 heteroatoms. The van der Waals surface area contributed by atoms with Crippen LogP contribution in [0.15, 0.2) is 89.9 Å². The van der Waals surface area contributed by atoms with Crippen LogP contribution in [0.2, 0.25) is 0 Å². The van der Waals surface area contributed by atoms with Crippen LogP contribution in [0.25, 0.3) is 21.8 Å². The molecule has 0 unspecified atom stereocenters. The number of H-pyrrole nitrogens is 1. The number of alkyl halides is 3. The number of carbonyl (C=O) groups excluding carboxylic acids is 1. The van der Waals surface area contributed by atoms with Crippen molar-refractivity contribution in [3.63, 3.8) is 0 Å². The molecule has 0 spiro atoms. The van der Waals surface area contributed by atoms with E-state index in [-0.39, 0.29) is 12.1 Å². The van der Waals surface area contributed by atoms with Crippen molar-refractivity contribution >= 4 is 39.1 Å². The molecule has 0 fully saturated rings. The Kier molecular flexibility index (Phi) is 5.89. The number of aromatic nitrogens is 2. The van der Waals surface area contributed by atoms with E-state index in [1.54, 1.807) is 48.7 Å². The van der Waals surface area contributed by atoms with Crippen molar-refractivity contribution in [2.45, 2.75) is 12.7 Å². The van der Waals surface area contributed by atoms with Crippen LogP contribution in [0.4, 0.5) is 24.5 Å². The Morgan fingerprint density at radius 3 is 2.33 bits per heavy atom. The summed E-state index contributed by atoms with van der Waals surface area (Å²) in [5.74, 6) is -0.797. The van der Waals surface area contributed by atoms with E-state index in [1.807, 2.05) is 12.1 Å². The molecular formula is C27H19F3N4O2. The SMILES string of the molecule is O=C(NCc1ccc(Nc2ccnc3[nH]c(=O)c4ccccc4c23)cc1)c1ccccc1C(F)(F)F. The second-order valence-corrected chi connectivity index (χ2v) is 8.13. The first-order valence-electron chi connectivity index (χ1n) is 11.0. The summed E-state index contributed by atoms with van der Waals surface area (Å²) in [4.78, 5) is 31.9. The van der Waals surface area contributed by atoms with Crippen molar-refractivity contribution in [2.75, 3.05) is 5.32 Å². The van der Waals surface area contributed by atoms with Crippen molar-refractivity contribution in [1.82, 2.24) is 15.3 Å². The van der Waals surface area contributed by atoms with Gasteiger partial charge in [0.25, 0.3) is 11.5 Å². The van der Waals surface area contributed by atoms with Crippen molar-refractivity contribution in [2.24, 2.45) is 0 Å². The first-order valence-corrected chi connectivity index (χ1v) is 11.0. The highest BCUT2D eigenvalue weighted by atomic mass is 19.4. The Balaban J connectivity index is 1.34. The molecule has 0 aliphatic heterocycles. The minimum Gasteiger partial charge on any atom is -0.355 e. The summed E-state index contributed by atoms with van der Waals surface area (Å²) < 4.78 is 39.6. The Morgan fingerprint density at radius 1 is 0.889 bits per heavy atom. The predicted octanol–water partition coefficient (Wildman–Crippen LogP) is 5.77. The number of fused-ring (bicyclic) bond motifs is 3. The van der Waals surface area contributed by atoms with Crippen LogP contribution in [0.3, 0.4) is 0 Å². The van der Waals surface area contributed by atoms with Gasteiger partial charge in [-0.1, -0.05) is 42.5 Å². The number of amides is 1. The lowest BCUT2D eigenvalue weighted by Gasteiger charge is -2.13. The van der Waals surface area contributed by atoms with Gasteiger partial charge in [-0.25, -0.2) is 4.98 Å². The minimum atomic E-state index is -4.61. The maximum atomic E-state index is 13.2. The highest BCUT2D eigenvalue weighted by Gasteiger charge is 2.34. The van der Waals surface area contributed by atoms with Crippen LogP contribution in [-0.4, -0.2) is 15.9 Å². The molecule has 3 aromatic carbocycles. The summed E-state index contributed by atoms with van der Waals surface area (Å²) >= 11 is 0. The number of nitrogens with zero attached hydrogens (tertiary/aromatic N) is 1. The number of halogens is 3. The lowest BCUT2D eigenvalue weighted by molar-refractivity contribution is -0.137. The van der Waals surface area contributed by atoms with Gasteiger partial charge in [0.15, 0.2) is 0 Å². The Labute approximate surface area is 202 Å². The minimum absolute atomic E-state index is 0.0648. The van der Waals surface area contributed by atoms with E-state index in [2.05, 4.69) is 20.6 Å². The fraction of sp³-hybridized carbons (Fsp3) is 0.0741. The molecule has 5 rings (SSSR count). The van der Waals surface area contributed by atoms with E-state index in [1.165, 1.54) is 12.1 Å². The Bertz CT molecular complexity index is 1640. The molecule has 5 aromatic rings. The number of nitrogens with one attached hydrogen (secondary N) is 3. The van der Waals surface area contributed by atoms with Crippen molar-refractivity contribution < 1.29 is 18.0 Å². The number of carbonyl (C=O) groups is 1. The lowest BCUT2D eigenvalue weighted by Crippen LogP contribution is -2.25. The van der Waals surface area contributed by atoms with Crippen molar-refractivity contribution in [3.8, 4) is 0 Å². The molecule has 180 valence electrons. The van der Waals surface area contributed by atoms with Crippen LogP contribution in [0.1, 0.15) is 21.5 Å². The monoisotopic (exact) mass is 488 g/mol. The Hall–Kier alpha value is -4.66. The number of benzene rings is 3. The highest BCUT2D eigenvalue weighted by molar-refractivity contribution is 6.10. The smallest absolute Gasteiger partial charge is 0.355 e. The predicted molar refractivity (Wildman–Crippen MR) is 132 cm³/mol. The number of aromatic amines is 1. The third-order valence-electron chi connectivity index (χ3n) is 5.79. The normalized spacial score (nSPS) is 11.5. The van der Waals surface area contributed by atoms with Gasteiger partial charge in [-0.05, 0) is 42.0 Å². The maximum absolute atomic E-state index is 13.2. The average Bonchev–Trinajstić information content (AvgIpc) is 2.88. The fourth-order valence-electron chi connectivity index (χ4n) is 4.07. The molecule has 6 nitrogen and oxygen atoms in total. The fourth-order valence-corrected chi connectivity index (χ4v) is 4.07. The van der Waals surface area contributed by atoms with E-state index in [0.29, 0.717) is 16.6 Å². The van der Waals surface area contributed by atoms with E-state index in [4.69, 9.17) is 0 Å². The van der Waals surface area contributed by atoms with Gasteiger partial charge in [-0.2, -0.15) is 13.2 Å². The van der Waals surface area contributed by atoms with Crippen LogP contribution >= 0.6 is 0 Å². The number of pyridine rings is 2. The summed E-state index contributed by atoms with van der Waals surface area (Å²) in [6.45, 7) is 0.0648. The van der Waals surface area contributed by atoms with Crippen molar-refractivity contribution in [1.29, 1.82) is 0 Å².